The third kappa shape index (κ3) is 2.21. The highest BCUT2D eigenvalue weighted by atomic mass is 16.5. The first-order chi connectivity index (χ1) is 10.5. The molecule has 1 N–H and O–H groups in total. The van der Waals surface area contributed by atoms with Gasteiger partial charge in [-0.3, -0.25) is 9.59 Å². The highest BCUT2D eigenvalue weighted by Crippen LogP contribution is 2.53. The maximum atomic E-state index is 12.1. The Morgan fingerprint density at radius 1 is 1.41 bits per heavy atom. The van der Waals surface area contributed by atoms with E-state index < -0.39 is 11.4 Å². The van der Waals surface area contributed by atoms with Crippen LogP contribution in [0.4, 0.5) is 0 Å². The number of carboxylic acids is 1. The van der Waals surface area contributed by atoms with Gasteiger partial charge in [0.1, 0.15) is 11.5 Å². The molecule has 0 amide bonds. The van der Waals surface area contributed by atoms with Crippen molar-refractivity contribution in [2.45, 2.75) is 44.4 Å². The molecule has 1 aromatic carbocycles. The molecule has 0 aromatic heterocycles. The standard InChI is InChI=1S/C18H22O4/c1-11-14-5-3-12-9-13(22-2)4-6-15(12)18(14,10-17(20)21)8-7-16(11)19/h4,6,9,11,14H,3,5,7-8,10H2,1-2H3,(H,20,21)/t11-,14-,18+/m1/s1. The number of Topliss-reactive ketones (excluding diaryl/α,β-unsaturated/α-hetero) is 1. The third-order valence-corrected chi connectivity index (χ3v) is 5.68. The average Bonchev–Trinajstić information content (AvgIpc) is 2.50. The predicted molar refractivity (Wildman–Crippen MR) is 82.1 cm³/mol. The second-order valence-corrected chi connectivity index (χ2v) is 6.65. The lowest BCUT2D eigenvalue weighted by Crippen LogP contribution is -2.49. The second-order valence-electron chi connectivity index (χ2n) is 6.65. The van der Waals surface area contributed by atoms with E-state index in [0.717, 1.165) is 24.2 Å². The van der Waals surface area contributed by atoms with Crippen molar-refractivity contribution in [3.05, 3.63) is 29.3 Å². The van der Waals surface area contributed by atoms with E-state index in [4.69, 9.17) is 4.74 Å². The number of rotatable bonds is 3. The van der Waals surface area contributed by atoms with Gasteiger partial charge in [0.2, 0.25) is 0 Å². The van der Waals surface area contributed by atoms with E-state index in [-0.39, 0.29) is 24.0 Å². The monoisotopic (exact) mass is 302 g/mol. The summed E-state index contributed by atoms with van der Waals surface area (Å²) in [6, 6.07) is 5.95. The minimum atomic E-state index is -0.782. The number of aryl methyl sites for hydroxylation is 1. The van der Waals surface area contributed by atoms with Gasteiger partial charge in [-0.05, 0) is 48.4 Å². The summed E-state index contributed by atoms with van der Waals surface area (Å²) in [7, 11) is 1.64. The number of hydrogen-bond donors (Lipinski definition) is 1. The lowest BCUT2D eigenvalue weighted by molar-refractivity contribution is -0.142. The fourth-order valence-electron chi connectivity index (χ4n) is 4.61. The van der Waals surface area contributed by atoms with Crippen LogP contribution in [0.1, 0.15) is 43.7 Å². The van der Waals surface area contributed by atoms with Gasteiger partial charge in [0.15, 0.2) is 0 Å². The van der Waals surface area contributed by atoms with Crippen molar-refractivity contribution in [3.8, 4) is 5.75 Å². The van der Waals surface area contributed by atoms with Crippen molar-refractivity contribution in [2.75, 3.05) is 7.11 Å². The van der Waals surface area contributed by atoms with Crippen LogP contribution in [-0.2, 0) is 21.4 Å². The zero-order valence-electron chi connectivity index (χ0n) is 13.1. The quantitative estimate of drug-likeness (QED) is 0.932. The van der Waals surface area contributed by atoms with Crippen molar-refractivity contribution in [3.63, 3.8) is 0 Å². The number of benzene rings is 1. The van der Waals surface area contributed by atoms with Crippen LogP contribution in [0.2, 0.25) is 0 Å². The van der Waals surface area contributed by atoms with Gasteiger partial charge in [-0.25, -0.2) is 0 Å². The average molecular weight is 302 g/mol. The lowest BCUT2D eigenvalue weighted by atomic mass is 9.53. The SMILES string of the molecule is COc1ccc2c(c1)CC[C@@H]1[C@@H](C)C(=O)CC[C@@]21CC(=O)O. The minimum Gasteiger partial charge on any atom is -0.497 e. The Labute approximate surface area is 130 Å². The first-order valence-electron chi connectivity index (χ1n) is 7.90. The highest BCUT2D eigenvalue weighted by molar-refractivity contribution is 5.83. The molecule has 1 saturated carbocycles. The molecule has 118 valence electrons. The smallest absolute Gasteiger partial charge is 0.304 e. The number of aliphatic carboxylic acids is 1. The molecule has 3 atom stereocenters. The molecule has 2 aliphatic carbocycles. The van der Waals surface area contributed by atoms with Crippen LogP contribution in [0.5, 0.6) is 5.75 Å². The maximum Gasteiger partial charge on any atom is 0.304 e. The first-order valence-corrected chi connectivity index (χ1v) is 7.90. The molecule has 2 aliphatic rings. The van der Waals surface area contributed by atoms with E-state index in [9.17, 15) is 14.7 Å². The summed E-state index contributed by atoms with van der Waals surface area (Å²) in [6.07, 6.45) is 2.99. The van der Waals surface area contributed by atoms with Crippen LogP contribution >= 0.6 is 0 Å². The third-order valence-electron chi connectivity index (χ3n) is 5.68. The summed E-state index contributed by atoms with van der Waals surface area (Å²) in [5.41, 5.74) is 1.89. The first kappa shape index (κ1) is 15.1. The normalized spacial score (nSPS) is 30.4. The van der Waals surface area contributed by atoms with Crippen LogP contribution in [0.25, 0.3) is 0 Å². The number of methoxy groups -OCH3 is 1. The highest BCUT2D eigenvalue weighted by Gasteiger charge is 2.51. The summed E-state index contributed by atoms with van der Waals surface area (Å²) >= 11 is 0. The van der Waals surface area contributed by atoms with Gasteiger partial charge >= 0.3 is 5.97 Å². The van der Waals surface area contributed by atoms with Crippen LogP contribution in [0.15, 0.2) is 18.2 Å². The Balaban J connectivity index is 2.12. The van der Waals surface area contributed by atoms with Crippen LogP contribution in [0, 0.1) is 11.8 Å². The largest absolute Gasteiger partial charge is 0.497 e. The molecule has 0 spiro atoms. The molecular formula is C18H22O4. The summed E-state index contributed by atoms with van der Waals surface area (Å²) in [4.78, 5) is 23.7. The summed E-state index contributed by atoms with van der Waals surface area (Å²) in [5.74, 6) is 0.384. The molecule has 4 heteroatoms. The van der Waals surface area contributed by atoms with Crippen molar-refractivity contribution in [1.29, 1.82) is 0 Å². The number of ketones is 1. The summed E-state index contributed by atoms with van der Waals surface area (Å²) in [5, 5.41) is 9.47. The number of carbonyl (C=O) groups excluding carboxylic acids is 1. The van der Waals surface area contributed by atoms with Crippen molar-refractivity contribution < 1.29 is 19.4 Å². The minimum absolute atomic E-state index is 0.0525. The van der Waals surface area contributed by atoms with Gasteiger partial charge < -0.3 is 9.84 Å². The molecule has 0 saturated heterocycles. The Morgan fingerprint density at radius 3 is 2.86 bits per heavy atom. The van der Waals surface area contributed by atoms with Gasteiger partial charge in [-0.1, -0.05) is 13.0 Å². The summed E-state index contributed by atoms with van der Waals surface area (Å²) in [6.45, 7) is 1.97. The number of carboxylic acid groups (broad SMARTS) is 1. The molecule has 22 heavy (non-hydrogen) atoms. The maximum absolute atomic E-state index is 12.1. The Hall–Kier alpha value is -1.84. The number of carbonyl (C=O) groups is 2. The number of hydrogen-bond acceptors (Lipinski definition) is 3. The predicted octanol–water partition coefficient (Wildman–Crippen LogP) is 2.97. The topological polar surface area (TPSA) is 63.6 Å². The van der Waals surface area contributed by atoms with Crippen LogP contribution in [0.3, 0.4) is 0 Å². The fourth-order valence-corrected chi connectivity index (χ4v) is 4.61. The van der Waals surface area contributed by atoms with Gasteiger partial charge in [0, 0.05) is 17.8 Å². The molecule has 0 bridgehead atoms. The zero-order valence-corrected chi connectivity index (χ0v) is 13.1. The molecule has 3 rings (SSSR count). The van der Waals surface area contributed by atoms with Crippen molar-refractivity contribution in [2.24, 2.45) is 11.8 Å². The second kappa shape index (κ2) is 5.41. The molecule has 1 fully saturated rings. The molecule has 0 radical (unpaired) electrons. The number of ether oxygens (including phenoxy) is 1. The van der Waals surface area contributed by atoms with E-state index in [1.165, 1.54) is 5.56 Å². The molecule has 1 aromatic rings. The van der Waals surface area contributed by atoms with E-state index in [0.29, 0.717) is 12.8 Å². The lowest BCUT2D eigenvalue weighted by Gasteiger charge is -2.50. The van der Waals surface area contributed by atoms with Crippen LogP contribution < -0.4 is 4.74 Å². The molecule has 4 nitrogen and oxygen atoms in total. The van der Waals surface area contributed by atoms with Crippen molar-refractivity contribution in [1.82, 2.24) is 0 Å². The fraction of sp³-hybridized carbons (Fsp3) is 0.556. The van der Waals surface area contributed by atoms with Crippen LogP contribution in [-0.4, -0.2) is 24.0 Å². The van der Waals surface area contributed by atoms with Gasteiger partial charge in [-0.15, -0.1) is 0 Å². The Bertz CT molecular complexity index is 622. The van der Waals surface area contributed by atoms with Gasteiger partial charge in [0.25, 0.3) is 0 Å². The zero-order chi connectivity index (χ0) is 15.9. The summed E-state index contributed by atoms with van der Waals surface area (Å²) < 4.78 is 5.30. The van der Waals surface area contributed by atoms with Gasteiger partial charge in [0.05, 0.1) is 13.5 Å². The number of fused-ring (bicyclic) bond motifs is 3. The molecule has 0 unspecified atom stereocenters. The Kier molecular flexibility index (Phi) is 3.71. The molecular weight excluding hydrogens is 280 g/mol. The van der Waals surface area contributed by atoms with E-state index >= 15 is 0 Å². The molecule has 0 heterocycles. The van der Waals surface area contributed by atoms with Gasteiger partial charge in [-0.2, -0.15) is 0 Å². The van der Waals surface area contributed by atoms with E-state index in [1.54, 1.807) is 7.11 Å². The van der Waals surface area contributed by atoms with E-state index in [1.807, 2.05) is 25.1 Å². The molecule has 0 aliphatic heterocycles. The van der Waals surface area contributed by atoms with E-state index in [2.05, 4.69) is 0 Å². The van der Waals surface area contributed by atoms with Crippen molar-refractivity contribution >= 4 is 11.8 Å². The Morgan fingerprint density at radius 2 is 2.18 bits per heavy atom.